The molecule has 4 rings (SSSR count). The largest absolute Gasteiger partial charge is 0.468 e. The van der Waals surface area contributed by atoms with E-state index in [1.807, 2.05) is 68.4 Å². The lowest BCUT2D eigenvalue weighted by molar-refractivity contribution is -0.147. The SMILES string of the molecule is C[C@H](NC(=O)[C@@H]1C(=O)N[C@]2(C)C[C@H]1c1ccccc1O2)c1ccccc1. The predicted octanol–water partition coefficient (Wildman–Crippen LogP) is 2.89. The molecule has 5 heteroatoms. The third kappa shape index (κ3) is 2.83. The number of rotatable bonds is 3. The number of nitrogens with one attached hydrogen (secondary N) is 2. The molecule has 2 amide bonds. The van der Waals surface area contributed by atoms with E-state index in [0.29, 0.717) is 6.42 Å². The first-order valence-electron chi connectivity index (χ1n) is 8.92. The summed E-state index contributed by atoms with van der Waals surface area (Å²) in [6.45, 7) is 3.78. The summed E-state index contributed by atoms with van der Waals surface area (Å²) in [4.78, 5) is 25.7. The van der Waals surface area contributed by atoms with Crippen LogP contribution >= 0.6 is 0 Å². The number of hydrogen-bond acceptors (Lipinski definition) is 3. The molecule has 26 heavy (non-hydrogen) atoms. The number of piperidine rings is 1. The van der Waals surface area contributed by atoms with Gasteiger partial charge in [-0.3, -0.25) is 9.59 Å². The van der Waals surface area contributed by atoms with Gasteiger partial charge in [0.25, 0.3) is 0 Å². The van der Waals surface area contributed by atoms with Gasteiger partial charge in [-0.05, 0) is 31.0 Å². The quantitative estimate of drug-likeness (QED) is 0.837. The number of ether oxygens (including phenoxy) is 1. The molecule has 0 unspecified atom stereocenters. The number of para-hydroxylation sites is 1. The predicted molar refractivity (Wildman–Crippen MR) is 97.5 cm³/mol. The van der Waals surface area contributed by atoms with Gasteiger partial charge in [0.15, 0.2) is 5.72 Å². The minimum absolute atomic E-state index is 0.167. The van der Waals surface area contributed by atoms with Crippen molar-refractivity contribution < 1.29 is 14.3 Å². The van der Waals surface area contributed by atoms with Crippen LogP contribution in [0.3, 0.4) is 0 Å². The van der Waals surface area contributed by atoms with Crippen LogP contribution in [0.25, 0.3) is 0 Å². The molecule has 0 radical (unpaired) electrons. The highest BCUT2D eigenvalue weighted by Crippen LogP contribution is 2.46. The van der Waals surface area contributed by atoms with Crippen LogP contribution in [0, 0.1) is 5.92 Å². The molecule has 2 bridgehead atoms. The number of carbonyl (C=O) groups excluding carboxylic acids is 2. The van der Waals surface area contributed by atoms with Crippen LogP contribution in [0.4, 0.5) is 0 Å². The fourth-order valence-corrected chi connectivity index (χ4v) is 4.02. The van der Waals surface area contributed by atoms with E-state index in [-0.39, 0.29) is 23.8 Å². The van der Waals surface area contributed by atoms with Gasteiger partial charge in [-0.15, -0.1) is 0 Å². The summed E-state index contributed by atoms with van der Waals surface area (Å²) in [7, 11) is 0. The van der Waals surface area contributed by atoms with Crippen LogP contribution in [0.2, 0.25) is 0 Å². The van der Waals surface area contributed by atoms with Gasteiger partial charge in [0.05, 0.1) is 6.04 Å². The van der Waals surface area contributed by atoms with Crippen molar-refractivity contribution in [1.29, 1.82) is 0 Å². The Morgan fingerprint density at radius 2 is 1.88 bits per heavy atom. The van der Waals surface area contributed by atoms with E-state index < -0.39 is 11.6 Å². The van der Waals surface area contributed by atoms with Crippen molar-refractivity contribution in [1.82, 2.24) is 10.6 Å². The number of benzene rings is 2. The molecule has 5 nitrogen and oxygen atoms in total. The van der Waals surface area contributed by atoms with E-state index in [2.05, 4.69) is 10.6 Å². The average molecular weight is 350 g/mol. The van der Waals surface area contributed by atoms with E-state index in [1.165, 1.54) is 0 Å². The zero-order valence-electron chi connectivity index (χ0n) is 14.9. The fourth-order valence-electron chi connectivity index (χ4n) is 4.02. The summed E-state index contributed by atoms with van der Waals surface area (Å²) < 4.78 is 5.98. The van der Waals surface area contributed by atoms with Gasteiger partial charge in [0.2, 0.25) is 11.8 Å². The number of amides is 2. The Labute approximate surface area is 152 Å². The second-order valence-corrected chi connectivity index (χ2v) is 7.29. The Hall–Kier alpha value is -2.82. The minimum Gasteiger partial charge on any atom is -0.468 e. The Morgan fingerprint density at radius 1 is 1.19 bits per heavy atom. The fraction of sp³-hybridized carbons (Fsp3) is 0.333. The molecule has 0 saturated carbocycles. The molecule has 2 aromatic carbocycles. The molecule has 1 saturated heterocycles. The monoisotopic (exact) mass is 350 g/mol. The molecule has 2 aromatic rings. The second kappa shape index (κ2) is 6.16. The number of hydrogen-bond donors (Lipinski definition) is 2. The Bertz CT molecular complexity index is 851. The van der Waals surface area contributed by atoms with Gasteiger partial charge < -0.3 is 15.4 Å². The summed E-state index contributed by atoms with van der Waals surface area (Å²) in [5.41, 5.74) is 1.17. The van der Waals surface area contributed by atoms with Gasteiger partial charge in [0.1, 0.15) is 11.7 Å². The molecule has 2 heterocycles. The molecular weight excluding hydrogens is 328 g/mol. The van der Waals surface area contributed by atoms with Crippen molar-refractivity contribution >= 4 is 11.8 Å². The molecule has 0 aromatic heterocycles. The van der Waals surface area contributed by atoms with E-state index in [9.17, 15) is 9.59 Å². The standard InChI is InChI=1S/C21H22N2O3/c1-13(14-8-4-3-5-9-14)22-19(24)18-16-12-21(2,23-20(18)25)26-17-11-7-6-10-15(16)17/h3-11,13,16,18H,12H2,1-2H3,(H,22,24)(H,23,25)/t13-,16-,18+,21-/m0/s1. The highest BCUT2D eigenvalue weighted by atomic mass is 16.5. The highest BCUT2D eigenvalue weighted by molar-refractivity contribution is 6.02. The smallest absolute Gasteiger partial charge is 0.236 e. The van der Waals surface area contributed by atoms with E-state index >= 15 is 0 Å². The van der Waals surface area contributed by atoms with Crippen molar-refractivity contribution in [2.24, 2.45) is 5.92 Å². The maximum absolute atomic E-state index is 13.0. The van der Waals surface area contributed by atoms with Crippen molar-refractivity contribution in [2.45, 2.75) is 38.0 Å². The van der Waals surface area contributed by atoms with Crippen molar-refractivity contribution in [2.75, 3.05) is 0 Å². The van der Waals surface area contributed by atoms with E-state index in [1.54, 1.807) is 0 Å². The molecule has 0 spiro atoms. The molecule has 0 aliphatic carbocycles. The van der Waals surface area contributed by atoms with Crippen LogP contribution in [0.15, 0.2) is 54.6 Å². The third-order valence-corrected chi connectivity index (χ3v) is 5.28. The Morgan fingerprint density at radius 3 is 2.65 bits per heavy atom. The third-order valence-electron chi connectivity index (χ3n) is 5.28. The topological polar surface area (TPSA) is 67.4 Å². The second-order valence-electron chi connectivity index (χ2n) is 7.29. The van der Waals surface area contributed by atoms with Crippen LogP contribution in [0.5, 0.6) is 5.75 Å². The maximum Gasteiger partial charge on any atom is 0.236 e. The summed E-state index contributed by atoms with van der Waals surface area (Å²) in [5, 5.41) is 5.89. The average Bonchev–Trinajstić information content (AvgIpc) is 2.61. The molecule has 2 N–H and O–H groups in total. The van der Waals surface area contributed by atoms with Crippen LogP contribution in [0.1, 0.15) is 43.4 Å². The molecule has 2 aliphatic rings. The van der Waals surface area contributed by atoms with Crippen molar-refractivity contribution in [3.8, 4) is 5.75 Å². The number of carbonyl (C=O) groups is 2. The normalized spacial score (nSPS) is 27.5. The molecule has 1 fully saturated rings. The Kier molecular flexibility index (Phi) is 3.94. The number of fused-ring (bicyclic) bond motifs is 4. The lowest BCUT2D eigenvalue weighted by Gasteiger charge is -2.46. The first kappa shape index (κ1) is 16.6. The maximum atomic E-state index is 13.0. The molecular formula is C21H22N2O3. The summed E-state index contributed by atoms with van der Waals surface area (Å²) in [6.07, 6.45) is 0.577. The van der Waals surface area contributed by atoms with Crippen LogP contribution in [-0.4, -0.2) is 17.5 Å². The summed E-state index contributed by atoms with van der Waals surface area (Å²) in [5.74, 6) is -0.750. The van der Waals surface area contributed by atoms with E-state index in [4.69, 9.17) is 4.74 Å². The lowest BCUT2D eigenvalue weighted by Crippen LogP contribution is -2.63. The van der Waals surface area contributed by atoms with Crippen LogP contribution in [-0.2, 0) is 9.59 Å². The van der Waals surface area contributed by atoms with Gasteiger partial charge in [-0.2, -0.15) is 0 Å². The molecule has 4 atom stereocenters. The van der Waals surface area contributed by atoms with Crippen LogP contribution < -0.4 is 15.4 Å². The van der Waals surface area contributed by atoms with Gasteiger partial charge in [0, 0.05) is 12.3 Å². The minimum atomic E-state index is -0.766. The summed E-state index contributed by atoms with van der Waals surface area (Å²) in [6, 6.07) is 17.2. The van der Waals surface area contributed by atoms with E-state index in [0.717, 1.165) is 16.9 Å². The van der Waals surface area contributed by atoms with Crippen molar-refractivity contribution in [3.63, 3.8) is 0 Å². The first-order valence-corrected chi connectivity index (χ1v) is 8.92. The van der Waals surface area contributed by atoms with Gasteiger partial charge in [-0.1, -0.05) is 48.5 Å². The lowest BCUT2D eigenvalue weighted by atomic mass is 9.74. The van der Waals surface area contributed by atoms with Gasteiger partial charge >= 0.3 is 0 Å². The Balaban J connectivity index is 1.62. The zero-order valence-corrected chi connectivity index (χ0v) is 14.9. The molecule has 2 aliphatic heterocycles. The van der Waals surface area contributed by atoms with Gasteiger partial charge in [-0.25, -0.2) is 0 Å². The highest BCUT2D eigenvalue weighted by Gasteiger charge is 2.51. The van der Waals surface area contributed by atoms with Crippen molar-refractivity contribution in [3.05, 3.63) is 65.7 Å². The summed E-state index contributed by atoms with van der Waals surface area (Å²) >= 11 is 0. The molecule has 134 valence electrons. The zero-order chi connectivity index (χ0) is 18.3. The first-order chi connectivity index (χ1) is 12.5.